The zero-order chi connectivity index (χ0) is 28.8. The highest BCUT2D eigenvalue weighted by molar-refractivity contribution is 7.09. The molecule has 0 aliphatic heterocycles. The van der Waals surface area contributed by atoms with Gasteiger partial charge in [-0.15, -0.1) is 0 Å². The molecular formula is C29H35N5O5S. The van der Waals surface area contributed by atoms with Crippen LogP contribution in [0.15, 0.2) is 42.5 Å². The van der Waals surface area contributed by atoms with Crippen LogP contribution in [0.1, 0.15) is 68.6 Å². The van der Waals surface area contributed by atoms with E-state index in [1.165, 1.54) is 19.1 Å². The summed E-state index contributed by atoms with van der Waals surface area (Å²) in [5.41, 5.74) is 14.0. The van der Waals surface area contributed by atoms with Gasteiger partial charge in [0.25, 0.3) is 11.8 Å². The van der Waals surface area contributed by atoms with Gasteiger partial charge in [-0.05, 0) is 66.5 Å². The summed E-state index contributed by atoms with van der Waals surface area (Å²) >= 11 is 0.793. The highest BCUT2D eigenvalue weighted by atomic mass is 32.1. The third kappa shape index (κ3) is 6.20. The van der Waals surface area contributed by atoms with Crippen molar-refractivity contribution in [3.8, 4) is 11.5 Å². The molecule has 3 amide bonds. The highest BCUT2D eigenvalue weighted by Crippen LogP contribution is 2.35. The Hall–Kier alpha value is -4.12. The van der Waals surface area contributed by atoms with Crippen LogP contribution in [0.5, 0.6) is 11.5 Å². The SMILES string of the molecule is COc1ccc([C@@H](C(=O)NC2CCCC2)N(CCc2ccccc2C)C(=O)c2snc(C(N)=O)c2N)cc1OC. The van der Waals surface area contributed by atoms with E-state index < -0.39 is 17.9 Å². The third-order valence-electron chi connectivity index (χ3n) is 7.28. The lowest BCUT2D eigenvalue weighted by Crippen LogP contribution is -2.46. The van der Waals surface area contributed by atoms with E-state index in [0.717, 1.165) is 48.3 Å². The fourth-order valence-corrected chi connectivity index (χ4v) is 5.85. The number of amides is 3. The van der Waals surface area contributed by atoms with Gasteiger partial charge in [0.05, 0.1) is 19.9 Å². The molecule has 2 aromatic carbocycles. The van der Waals surface area contributed by atoms with Crippen molar-refractivity contribution in [2.24, 2.45) is 5.73 Å². The van der Waals surface area contributed by atoms with Gasteiger partial charge in [0.2, 0.25) is 5.91 Å². The maximum absolute atomic E-state index is 14.2. The average molecular weight is 566 g/mol. The zero-order valence-corrected chi connectivity index (χ0v) is 23.8. The Bertz CT molecular complexity index is 1380. The Kier molecular flexibility index (Phi) is 9.26. The number of carbonyl (C=O) groups is 3. The van der Waals surface area contributed by atoms with Crippen LogP contribution in [0.4, 0.5) is 5.69 Å². The molecule has 0 radical (unpaired) electrons. The maximum Gasteiger partial charge on any atom is 0.270 e. The van der Waals surface area contributed by atoms with Gasteiger partial charge in [-0.1, -0.05) is 43.2 Å². The van der Waals surface area contributed by atoms with E-state index in [1.807, 2.05) is 31.2 Å². The minimum Gasteiger partial charge on any atom is -0.493 e. The molecule has 0 spiro atoms. The molecule has 1 heterocycles. The number of benzene rings is 2. The number of ether oxygens (including phenoxy) is 2. The molecule has 0 bridgehead atoms. The molecule has 3 aromatic rings. The number of hydrogen-bond donors (Lipinski definition) is 3. The lowest BCUT2D eigenvalue weighted by atomic mass is 10.00. The number of hydrogen-bond acceptors (Lipinski definition) is 8. The van der Waals surface area contributed by atoms with Crippen molar-refractivity contribution in [1.82, 2.24) is 14.6 Å². The van der Waals surface area contributed by atoms with Crippen LogP contribution in [0.3, 0.4) is 0 Å². The summed E-state index contributed by atoms with van der Waals surface area (Å²) in [5, 5.41) is 3.16. The molecule has 40 heavy (non-hydrogen) atoms. The fourth-order valence-electron chi connectivity index (χ4n) is 5.08. The predicted molar refractivity (Wildman–Crippen MR) is 154 cm³/mol. The largest absolute Gasteiger partial charge is 0.493 e. The van der Waals surface area contributed by atoms with Crippen LogP contribution in [-0.2, 0) is 11.2 Å². The third-order valence-corrected chi connectivity index (χ3v) is 8.14. The summed E-state index contributed by atoms with van der Waals surface area (Å²) in [5.74, 6) is -0.724. The van der Waals surface area contributed by atoms with Gasteiger partial charge in [-0.2, -0.15) is 4.37 Å². The molecule has 10 nitrogen and oxygen atoms in total. The topological polar surface area (TPSA) is 150 Å². The number of carbonyl (C=O) groups excluding carboxylic acids is 3. The number of aromatic nitrogens is 1. The minimum absolute atomic E-state index is 0.0263. The van der Waals surface area contributed by atoms with Gasteiger partial charge in [0.1, 0.15) is 10.9 Å². The molecule has 1 atom stereocenters. The number of rotatable bonds is 11. The number of nitrogens with one attached hydrogen (secondary N) is 1. The van der Waals surface area contributed by atoms with Crippen LogP contribution in [-0.4, -0.2) is 53.8 Å². The Balaban J connectivity index is 1.81. The standard InChI is InChI=1S/C29H35N5O5S/c1-17-8-4-5-9-18(17)14-15-34(29(37)26-23(30)24(27(31)35)33-40-26)25(28(36)32-20-10-6-7-11-20)19-12-13-21(38-2)22(16-19)39-3/h4-5,8-9,12-13,16,20,25H,6-7,10-11,14-15,30H2,1-3H3,(H2,31,35)(H,32,36)/t25-/m0/s1. The van der Waals surface area contributed by atoms with Crippen LogP contribution in [0, 0.1) is 6.92 Å². The first kappa shape index (κ1) is 28.9. The van der Waals surface area contributed by atoms with Crippen LogP contribution in [0.25, 0.3) is 0 Å². The average Bonchev–Trinajstić information content (AvgIpc) is 3.60. The molecule has 0 saturated heterocycles. The van der Waals surface area contributed by atoms with E-state index in [-0.39, 0.29) is 34.8 Å². The van der Waals surface area contributed by atoms with E-state index in [9.17, 15) is 14.4 Å². The van der Waals surface area contributed by atoms with Gasteiger partial charge < -0.3 is 31.2 Å². The van der Waals surface area contributed by atoms with E-state index in [1.54, 1.807) is 18.2 Å². The van der Waals surface area contributed by atoms with Gasteiger partial charge in [-0.25, -0.2) is 0 Å². The smallest absolute Gasteiger partial charge is 0.270 e. The summed E-state index contributed by atoms with van der Waals surface area (Å²) in [6.07, 6.45) is 4.32. The Morgan fingerprint density at radius 1 is 1.10 bits per heavy atom. The zero-order valence-electron chi connectivity index (χ0n) is 22.9. The number of methoxy groups -OCH3 is 2. The molecule has 0 unspecified atom stereocenters. The van der Waals surface area contributed by atoms with E-state index in [4.69, 9.17) is 20.9 Å². The fraction of sp³-hybridized carbons (Fsp3) is 0.379. The van der Waals surface area contributed by atoms with Crippen molar-refractivity contribution >= 4 is 34.9 Å². The number of nitrogens with zero attached hydrogens (tertiary/aromatic N) is 2. The second-order valence-electron chi connectivity index (χ2n) is 9.82. The first-order valence-electron chi connectivity index (χ1n) is 13.2. The molecule has 1 aliphatic carbocycles. The van der Waals surface area contributed by atoms with E-state index in [0.29, 0.717) is 23.5 Å². The molecule has 212 valence electrons. The van der Waals surface area contributed by atoms with Gasteiger partial charge >= 0.3 is 0 Å². The monoisotopic (exact) mass is 565 g/mol. The van der Waals surface area contributed by atoms with Crippen molar-refractivity contribution in [2.75, 3.05) is 26.5 Å². The van der Waals surface area contributed by atoms with Crippen LogP contribution >= 0.6 is 11.5 Å². The minimum atomic E-state index is -1.02. The maximum atomic E-state index is 14.2. The molecule has 1 aromatic heterocycles. The van der Waals surface area contributed by atoms with Crippen LogP contribution < -0.4 is 26.3 Å². The second kappa shape index (κ2) is 12.8. The number of anilines is 1. The second-order valence-corrected chi connectivity index (χ2v) is 10.6. The molecule has 4 rings (SSSR count). The number of nitrogen functional groups attached to an aromatic ring is 1. The summed E-state index contributed by atoms with van der Waals surface area (Å²) in [7, 11) is 3.04. The number of nitrogens with two attached hydrogens (primary N) is 2. The molecule has 5 N–H and O–H groups in total. The lowest BCUT2D eigenvalue weighted by molar-refractivity contribution is -0.126. The molecule has 1 saturated carbocycles. The predicted octanol–water partition coefficient (Wildman–Crippen LogP) is 3.63. The quantitative estimate of drug-likeness (QED) is 0.321. The van der Waals surface area contributed by atoms with Crippen molar-refractivity contribution in [1.29, 1.82) is 0 Å². The number of aryl methyl sites for hydroxylation is 1. The first-order chi connectivity index (χ1) is 19.2. The van der Waals surface area contributed by atoms with Crippen molar-refractivity contribution < 1.29 is 23.9 Å². The van der Waals surface area contributed by atoms with Gasteiger partial charge in [0.15, 0.2) is 17.2 Å². The molecule has 1 fully saturated rings. The molecule has 11 heteroatoms. The first-order valence-corrected chi connectivity index (χ1v) is 13.9. The Morgan fingerprint density at radius 3 is 2.42 bits per heavy atom. The normalized spacial score (nSPS) is 14.0. The Morgan fingerprint density at radius 2 is 1.80 bits per heavy atom. The van der Waals surface area contributed by atoms with E-state index >= 15 is 0 Å². The Labute approximate surface area is 237 Å². The molecular weight excluding hydrogens is 530 g/mol. The van der Waals surface area contributed by atoms with E-state index in [2.05, 4.69) is 9.69 Å². The summed E-state index contributed by atoms with van der Waals surface area (Å²) in [6, 6.07) is 12.1. The lowest BCUT2D eigenvalue weighted by Gasteiger charge is -2.32. The van der Waals surface area contributed by atoms with Crippen LogP contribution in [0.2, 0.25) is 0 Å². The van der Waals surface area contributed by atoms with Crippen molar-refractivity contribution in [3.05, 3.63) is 69.7 Å². The highest BCUT2D eigenvalue weighted by Gasteiger charge is 2.36. The van der Waals surface area contributed by atoms with Gasteiger partial charge in [-0.3, -0.25) is 14.4 Å². The number of primary amides is 1. The van der Waals surface area contributed by atoms with Gasteiger partial charge in [0, 0.05) is 12.6 Å². The summed E-state index contributed by atoms with van der Waals surface area (Å²) in [6.45, 7) is 2.20. The van der Waals surface area contributed by atoms with Crippen molar-refractivity contribution in [3.63, 3.8) is 0 Å². The van der Waals surface area contributed by atoms with Crippen molar-refractivity contribution in [2.45, 2.75) is 51.1 Å². The summed E-state index contributed by atoms with van der Waals surface area (Å²) in [4.78, 5) is 41.6. The molecule has 1 aliphatic rings. The summed E-state index contributed by atoms with van der Waals surface area (Å²) < 4.78 is 14.9.